The smallest absolute Gasteiger partial charge is 0.265 e. The largest absolute Gasteiger partial charge is 0.756 e. The zero-order valence-electron chi connectivity index (χ0n) is 6.94. The number of rotatable bonds is 6. The molecule has 0 aromatic heterocycles. The Bertz CT molecular complexity index is 234. The van der Waals surface area contributed by atoms with E-state index in [0.717, 1.165) is 0 Å². The van der Waals surface area contributed by atoms with Gasteiger partial charge in [-0.15, -0.1) is 0 Å². The molecule has 0 rings (SSSR count). The lowest BCUT2D eigenvalue weighted by Crippen LogP contribution is -2.38. The van der Waals surface area contributed by atoms with E-state index in [1.807, 2.05) is 0 Å². The molecule has 84 valence electrons. The SMILES string of the molecule is O=C(CO)C(O)C(O)COP(=O)([O-])O. The predicted molar refractivity (Wildman–Crippen MR) is 39.9 cm³/mol. The van der Waals surface area contributed by atoms with Gasteiger partial charge in [-0.3, -0.25) is 9.36 Å². The highest BCUT2D eigenvalue weighted by Crippen LogP contribution is 2.30. The van der Waals surface area contributed by atoms with Gasteiger partial charge in [0, 0.05) is 0 Å². The van der Waals surface area contributed by atoms with Crippen LogP contribution in [-0.2, 0) is 13.9 Å². The van der Waals surface area contributed by atoms with Crippen LogP contribution in [0.3, 0.4) is 0 Å². The fourth-order valence-electron chi connectivity index (χ4n) is 0.570. The minimum absolute atomic E-state index is 0.968. The van der Waals surface area contributed by atoms with Crippen molar-refractivity contribution in [2.75, 3.05) is 13.2 Å². The average molecular weight is 229 g/mol. The van der Waals surface area contributed by atoms with Crippen LogP contribution in [0.5, 0.6) is 0 Å². The molecule has 14 heavy (non-hydrogen) atoms. The van der Waals surface area contributed by atoms with E-state index in [-0.39, 0.29) is 0 Å². The minimum Gasteiger partial charge on any atom is -0.756 e. The van der Waals surface area contributed by atoms with Gasteiger partial charge in [-0.25, -0.2) is 0 Å². The van der Waals surface area contributed by atoms with E-state index in [1.165, 1.54) is 0 Å². The van der Waals surface area contributed by atoms with Crippen LogP contribution in [0.2, 0.25) is 0 Å². The summed E-state index contributed by atoms with van der Waals surface area (Å²) >= 11 is 0. The van der Waals surface area contributed by atoms with Crippen molar-refractivity contribution in [2.45, 2.75) is 12.2 Å². The molecule has 0 saturated carbocycles. The van der Waals surface area contributed by atoms with Gasteiger partial charge in [0.1, 0.15) is 18.8 Å². The number of hydrogen-bond acceptors (Lipinski definition) is 7. The summed E-state index contributed by atoms with van der Waals surface area (Å²) in [4.78, 5) is 28.7. The third-order valence-corrected chi connectivity index (χ3v) is 1.73. The second-order valence-electron chi connectivity index (χ2n) is 2.40. The van der Waals surface area contributed by atoms with Crippen LogP contribution in [0.25, 0.3) is 0 Å². The van der Waals surface area contributed by atoms with Gasteiger partial charge in [-0.2, -0.15) is 0 Å². The molecule has 0 aliphatic rings. The van der Waals surface area contributed by atoms with Gasteiger partial charge in [-0.05, 0) is 0 Å². The Morgan fingerprint density at radius 3 is 2.36 bits per heavy atom. The summed E-state index contributed by atoms with van der Waals surface area (Å²) in [6.07, 6.45) is -3.78. The lowest BCUT2D eigenvalue weighted by atomic mass is 10.1. The first kappa shape index (κ1) is 13.7. The highest BCUT2D eigenvalue weighted by Gasteiger charge is 2.24. The highest BCUT2D eigenvalue weighted by atomic mass is 31.2. The van der Waals surface area contributed by atoms with Crippen LogP contribution in [0.4, 0.5) is 0 Å². The van der Waals surface area contributed by atoms with E-state index in [4.69, 9.17) is 20.2 Å². The van der Waals surface area contributed by atoms with Crippen LogP contribution < -0.4 is 4.89 Å². The van der Waals surface area contributed by atoms with Gasteiger partial charge in [-0.1, -0.05) is 0 Å². The monoisotopic (exact) mass is 229 g/mol. The standard InChI is InChI=1S/C5H11O8P/c6-1-3(7)5(9)4(8)2-13-14(10,11)12/h4-6,8-9H,1-2H2,(H2,10,11,12)/p-1. The molecule has 0 radical (unpaired) electrons. The third-order valence-electron chi connectivity index (χ3n) is 1.26. The van der Waals surface area contributed by atoms with E-state index in [1.54, 1.807) is 0 Å². The topological polar surface area (TPSA) is 147 Å². The summed E-state index contributed by atoms with van der Waals surface area (Å²) in [5.74, 6) is -1.08. The first-order chi connectivity index (χ1) is 6.28. The van der Waals surface area contributed by atoms with E-state index >= 15 is 0 Å². The summed E-state index contributed by atoms with van der Waals surface area (Å²) in [6.45, 7) is -1.96. The van der Waals surface area contributed by atoms with Gasteiger partial charge >= 0.3 is 0 Å². The molecule has 0 spiro atoms. The van der Waals surface area contributed by atoms with Crippen LogP contribution in [0.15, 0.2) is 0 Å². The second-order valence-corrected chi connectivity index (χ2v) is 3.60. The number of aliphatic hydroxyl groups excluding tert-OH is 3. The van der Waals surface area contributed by atoms with Crippen LogP contribution >= 0.6 is 7.82 Å². The van der Waals surface area contributed by atoms with Crippen LogP contribution in [0, 0.1) is 0 Å². The first-order valence-electron chi connectivity index (χ1n) is 3.46. The predicted octanol–water partition coefficient (Wildman–Crippen LogP) is -3.25. The number of carbonyl (C=O) groups is 1. The molecule has 0 heterocycles. The molecule has 3 atom stereocenters. The molecular formula is C5H10O8P-. The first-order valence-corrected chi connectivity index (χ1v) is 4.95. The molecule has 4 N–H and O–H groups in total. The quantitative estimate of drug-likeness (QED) is 0.347. The number of ketones is 1. The Labute approximate surface area is 79.0 Å². The van der Waals surface area contributed by atoms with E-state index in [0.29, 0.717) is 0 Å². The van der Waals surface area contributed by atoms with Gasteiger partial charge in [0.15, 0.2) is 5.78 Å². The Kier molecular flexibility index (Phi) is 5.38. The molecule has 0 saturated heterocycles. The maximum Gasteiger partial charge on any atom is 0.265 e. The molecule has 0 aliphatic carbocycles. The van der Waals surface area contributed by atoms with Crippen molar-refractivity contribution in [3.63, 3.8) is 0 Å². The molecule has 9 heteroatoms. The van der Waals surface area contributed by atoms with Gasteiger partial charge in [0.25, 0.3) is 7.82 Å². The molecule has 0 amide bonds. The molecule has 0 bridgehead atoms. The zero-order chi connectivity index (χ0) is 11.4. The highest BCUT2D eigenvalue weighted by molar-refractivity contribution is 7.44. The number of phosphoric ester groups is 1. The molecule has 8 nitrogen and oxygen atoms in total. The Balaban J connectivity index is 4.02. The third kappa shape index (κ3) is 5.40. The molecule has 0 aliphatic heterocycles. The molecule has 3 unspecified atom stereocenters. The average Bonchev–Trinajstić information content (AvgIpc) is 2.10. The molecule has 0 fully saturated rings. The number of aliphatic hydroxyl groups is 3. The molecular weight excluding hydrogens is 219 g/mol. The van der Waals surface area contributed by atoms with Crippen molar-refractivity contribution in [1.29, 1.82) is 0 Å². The van der Waals surface area contributed by atoms with Crippen LogP contribution in [-0.4, -0.2) is 51.4 Å². The van der Waals surface area contributed by atoms with Crippen molar-refractivity contribution < 1.29 is 39.0 Å². The molecule has 0 aromatic carbocycles. The van der Waals surface area contributed by atoms with Crippen molar-refractivity contribution >= 4 is 13.6 Å². The summed E-state index contributed by atoms with van der Waals surface area (Å²) in [7, 11) is -4.99. The molecule has 0 aromatic rings. The number of Topliss-reactive ketones (excluding diaryl/α,β-unsaturated/α-hetero) is 1. The lowest BCUT2D eigenvalue weighted by molar-refractivity contribution is -0.222. The van der Waals surface area contributed by atoms with Crippen LogP contribution in [0.1, 0.15) is 0 Å². The van der Waals surface area contributed by atoms with E-state index in [9.17, 15) is 14.3 Å². The van der Waals surface area contributed by atoms with Crippen molar-refractivity contribution in [3.05, 3.63) is 0 Å². The van der Waals surface area contributed by atoms with Crippen molar-refractivity contribution in [3.8, 4) is 0 Å². The normalized spacial score (nSPS) is 19.8. The van der Waals surface area contributed by atoms with E-state index < -0.39 is 39.0 Å². The maximum atomic E-state index is 10.6. The minimum atomic E-state index is -4.99. The number of carbonyl (C=O) groups excluding carboxylic acids is 1. The van der Waals surface area contributed by atoms with Gasteiger partial charge in [0.2, 0.25) is 0 Å². The fourth-order valence-corrected chi connectivity index (χ4v) is 0.911. The Morgan fingerprint density at radius 2 is 2.00 bits per heavy atom. The van der Waals surface area contributed by atoms with Crippen molar-refractivity contribution in [1.82, 2.24) is 0 Å². The van der Waals surface area contributed by atoms with Crippen molar-refractivity contribution in [2.24, 2.45) is 0 Å². The summed E-state index contributed by atoms with van der Waals surface area (Å²) in [5, 5.41) is 26.0. The second kappa shape index (κ2) is 5.52. The zero-order valence-corrected chi connectivity index (χ0v) is 7.83. The van der Waals surface area contributed by atoms with Gasteiger partial charge < -0.3 is 29.6 Å². The van der Waals surface area contributed by atoms with E-state index in [2.05, 4.69) is 4.52 Å². The summed E-state index contributed by atoms with van der Waals surface area (Å²) < 4.78 is 13.8. The summed E-state index contributed by atoms with van der Waals surface area (Å²) in [5.41, 5.74) is 0. The number of hydrogen-bond donors (Lipinski definition) is 4. The van der Waals surface area contributed by atoms with Gasteiger partial charge in [0.05, 0.1) is 6.61 Å². The number of phosphoric acid groups is 1. The fraction of sp³-hybridized carbons (Fsp3) is 0.800. The Hall–Kier alpha value is -0.340. The maximum absolute atomic E-state index is 10.6. The lowest BCUT2D eigenvalue weighted by Gasteiger charge is -2.20. The Morgan fingerprint density at radius 1 is 1.50 bits per heavy atom. The summed E-state index contributed by atoms with van der Waals surface area (Å²) in [6, 6.07) is 0.